The summed E-state index contributed by atoms with van der Waals surface area (Å²) in [6.07, 6.45) is -2.13. The maximum absolute atomic E-state index is 12.7. The van der Waals surface area contributed by atoms with Crippen LogP contribution in [0.15, 0.2) is 42.7 Å². The molecule has 0 saturated carbocycles. The van der Waals surface area contributed by atoms with E-state index in [1.807, 2.05) is 12.1 Å². The minimum atomic E-state index is -4.50. The van der Waals surface area contributed by atoms with E-state index in [0.29, 0.717) is 11.1 Å². The molecule has 3 rings (SSSR count). The summed E-state index contributed by atoms with van der Waals surface area (Å²) in [7, 11) is 0. The Kier molecular flexibility index (Phi) is 3.58. The lowest BCUT2D eigenvalue weighted by atomic mass is 10.2. The summed E-state index contributed by atoms with van der Waals surface area (Å²) in [5.74, 6) is 0.186. The molecule has 0 aliphatic carbocycles. The molecule has 0 spiro atoms. The average Bonchev–Trinajstić information content (AvgIpc) is 2.85. The largest absolute Gasteiger partial charge is 0.417 e. The highest BCUT2D eigenvalue weighted by molar-refractivity contribution is 6.32. The van der Waals surface area contributed by atoms with E-state index in [1.165, 1.54) is 0 Å². The van der Waals surface area contributed by atoms with E-state index in [-0.39, 0.29) is 17.4 Å². The second kappa shape index (κ2) is 5.30. The maximum Gasteiger partial charge on any atom is 0.417 e. The Balaban J connectivity index is 2.20. The van der Waals surface area contributed by atoms with Gasteiger partial charge in [0.25, 0.3) is 0 Å². The van der Waals surface area contributed by atoms with Gasteiger partial charge in [-0.3, -0.25) is 4.57 Å². The van der Waals surface area contributed by atoms with Crippen LogP contribution < -0.4 is 0 Å². The van der Waals surface area contributed by atoms with E-state index >= 15 is 0 Å². The fourth-order valence-electron chi connectivity index (χ4n) is 2.31. The summed E-state index contributed by atoms with van der Waals surface area (Å²) in [6, 6.07) is 8.04. The van der Waals surface area contributed by atoms with Gasteiger partial charge in [-0.25, -0.2) is 4.98 Å². The van der Waals surface area contributed by atoms with Crippen molar-refractivity contribution in [2.45, 2.75) is 12.8 Å². The van der Waals surface area contributed by atoms with Crippen molar-refractivity contribution < 1.29 is 18.3 Å². The Labute approximate surface area is 128 Å². The highest BCUT2D eigenvalue weighted by Crippen LogP contribution is 2.33. The van der Waals surface area contributed by atoms with E-state index in [4.69, 9.17) is 11.6 Å². The molecule has 0 radical (unpaired) electrons. The molecule has 0 amide bonds. The van der Waals surface area contributed by atoms with Crippen molar-refractivity contribution in [2.24, 2.45) is 0 Å². The van der Waals surface area contributed by atoms with Gasteiger partial charge in [-0.15, -0.1) is 0 Å². The van der Waals surface area contributed by atoms with Crippen LogP contribution in [0.3, 0.4) is 0 Å². The normalized spacial score (nSPS) is 12.0. The lowest BCUT2D eigenvalue weighted by Crippen LogP contribution is -2.07. The number of alkyl halides is 3. The third kappa shape index (κ3) is 2.44. The molecule has 114 valence electrons. The second-order valence-corrected chi connectivity index (χ2v) is 5.13. The zero-order valence-corrected chi connectivity index (χ0v) is 11.9. The third-order valence-corrected chi connectivity index (χ3v) is 3.62. The number of aliphatic hydroxyl groups is 1. The molecule has 1 aromatic carbocycles. The van der Waals surface area contributed by atoms with Crippen molar-refractivity contribution in [3.8, 4) is 5.82 Å². The summed E-state index contributed by atoms with van der Waals surface area (Å²) in [5, 5.41) is 10.1. The smallest absolute Gasteiger partial charge is 0.392 e. The summed E-state index contributed by atoms with van der Waals surface area (Å²) < 4.78 is 39.6. The summed E-state index contributed by atoms with van der Waals surface area (Å²) >= 11 is 5.98. The van der Waals surface area contributed by atoms with Crippen molar-refractivity contribution >= 4 is 22.5 Å². The molecule has 0 atom stereocenters. The molecular weight excluding hydrogens is 317 g/mol. The van der Waals surface area contributed by atoms with Crippen LogP contribution in [0.1, 0.15) is 11.1 Å². The molecule has 0 unspecified atom stereocenters. The van der Waals surface area contributed by atoms with Crippen LogP contribution in [0.5, 0.6) is 0 Å². The first-order valence-corrected chi connectivity index (χ1v) is 6.72. The Morgan fingerprint density at radius 1 is 1.23 bits per heavy atom. The lowest BCUT2D eigenvalue weighted by Gasteiger charge is -2.10. The summed E-state index contributed by atoms with van der Waals surface area (Å²) in [4.78, 5) is 3.84. The molecular formula is C15H10ClF3N2O. The van der Waals surface area contributed by atoms with Crippen molar-refractivity contribution in [3.63, 3.8) is 0 Å². The topological polar surface area (TPSA) is 38.0 Å². The molecule has 2 heterocycles. The molecule has 3 aromatic rings. The molecule has 0 fully saturated rings. The number of aliphatic hydroxyl groups excluding tert-OH is 1. The van der Waals surface area contributed by atoms with Crippen LogP contribution in [0.25, 0.3) is 16.7 Å². The fraction of sp³-hybridized carbons (Fsp3) is 0.133. The van der Waals surface area contributed by atoms with Gasteiger partial charge in [0.2, 0.25) is 0 Å². The zero-order chi connectivity index (χ0) is 15.9. The Bertz CT molecular complexity index is 842. The molecule has 2 aromatic heterocycles. The monoisotopic (exact) mass is 326 g/mol. The van der Waals surface area contributed by atoms with Gasteiger partial charge >= 0.3 is 6.18 Å². The van der Waals surface area contributed by atoms with Gasteiger partial charge in [0.15, 0.2) is 5.82 Å². The number of pyridine rings is 1. The minimum absolute atomic E-state index is 0.111. The molecule has 22 heavy (non-hydrogen) atoms. The number of halogens is 4. The fourth-order valence-corrected chi connectivity index (χ4v) is 2.57. The Hall–Kier alpha value is -2.05. The predicted molar refractivity (Wildman–Crippen MR) is 77.0 cm³/mol. The van der Waals surface area contributed by atoms with E-state index in [1.54, 1.807) is 22.9 Å². The van der Waals surface area contributed by atoms with Crippen LogP contribution in [0, 0.1) is 0 Å². The molecule has 7 heteroatoms. The second-order valence-electron chi connectivity index (χ2n) is 4.73. The van der Waals surface area contributed by atoms with E-state index in [2.05, 4.69) is 4.98 Å². The molecule has 0 aliphatic rings. The molecule has 3 nitrogen and oxygen atoms in total. The molecule has 0 bridgehead atoms. The van der Waals surface area contributed by atoms with Gasteiger partial charge in [0.1, 0.15) is 0 Å². The van der Waals surface area contributed by atoms with Crippen molar-refractivity contribution in [3.05, 3.63) is 58.9 Å². The number of hydrogen-bond acceptors (Lipinski definition) is 2. The van der Waals surface area contributed by atoms with Crippen LogP contribution in [-0.2, 0) is 12.8 Å². The van der Waals surface area contributed by atoms with Gasteiger partial charge < -0.3 is 5.11 Å². The van der Waals surface area contributed by atoms with Gasteiger partial charge in [0.05, 0.1) is 22.7 Å². The number of nitrogens with zero attached hydrogens (tertiary/aromatic N) is 2. The van der Waals surface area contributed by atoms with Crippen LogP contribution in [0.4, 0.5) is 13.2 Å². The number of aromatic nitrogens is 2. The van der Waals surface area contributed by atoms with E-state index in [9.17, 15) is 18.3 Å². The highest BCUT2D eigenvalue weighted by Gasteiger charge is 2.31. The number of fused-ring (bicyclic) bond motifs is 1. The zero-order valence-electron chi connectivity index (χ0n) is 11.1. The molecule has 1 N–H and O–H groups in total. The third-order valence-electron chi connectivity index (χ3n) is 3.34. The first-order chi connectivity index (χ1) is 10.4. The summed E-state index contributed by atoms with van der Waals surface area (Å²) in [6.45, 7) is -0.189. The van der Waals surface area contributed by atoms with Gasteiger partial charge in [-0.2, -0.15) is 13.2 Å². The highest BCUT2D eigenvalue weighted by atomic mass is 35.5. The SMILES string of the molecule is OCc1cn(-c2ncc(C(F)(F)F)cc2Cl)c2ccccc12. The molecule has 0 saturated heterocycles. The first-order valence-electron chi connectivity index (χ1n) is 6.34. The lowest BCUT2D eigenvalue weighted by molar-refractivity contribution is -0.137. The summed E-state index contributed by atoms with van der Waals surface area (Å²) in [5.41, 5.74) is 0.453. The van der Waals surface area contributed by atoms with Gasteiger partial charge in [0, 0.05) is 23.3 Å². The van der Waals surface area contributed by atoms with Crippen molar-refractivity contribution in [1.82, 2.24) is 9.55 Å². The van der Waals surface area contributed by atoms with Crippen LogP contribution in [0.2, 0.25) is 5.02 Å². The van der Waals surface area contributed by atoms with Crippen molar-refractivity contribution in [1.29, 1.82) is 0 Å². The number of benzene rings is 1. The standard InChI is InChI=1S/C15H10ClF3N2O/c16-12-5-10(15(17,18)19)6-20-14(12)21-7-9(8-22)11-3-1-2-4-13(11)21/h1-7,22H,8H2. The Morgan fingerprint density at radius 2 is 1.95 bits per heavy atom. The Morgan fingerprint density at radius 3 is 2.59 bits per heavy atom. The minimum Gasteiger partial charge on any atom is -0.392 e. The number of para-hydroxylation sites is 1. The average molecular weight is 327 g/mol. The quantitative estimate of drug-likeness (QED) is 0.767. The maximum atomic E-state index is 12.7. The number of hydrogen-bond donors (Lipinski definition) is 1. The predicted octanol–water partition coefficient (Wildman–Crippen LogP) is 4.19. The van der Waals surface area contributed by atoms with Crippen molar-refractivity contribution in [2.75, 3.05) is 0 Å². The van der Waals surface area contributed by atoms with E-state index in [0.717, 1.165) is 17.6 Å². The van der Waals surface area contributed by atoms with Gasteiger partial charge in [-0.1, -0.05) is 29.8 Å². The van der Waals surface area contributed by atoms with Crippen LogP contribution in [-0.4, -0.2) is 14.7 Å². The van der Waals surface area contributed by atoms with Gasteiger partial charge in [-0.05, 0) is 12.1 Å². The van der Waals surface area contributed by atoms with Crippen LogP contribution >= 0.6 is 11.6 Å². The molecule has 0 aliphatic heterocycles. The van der Waals surface area contributed by atoms with E-state index < -0.39 is 11.7 Å². The first kappa shape index (κ1) is 14.9. The number of rotatable bonds is 2.